The molecule has 0 saturated carbocycles. The molecule has 0 aromatic carbocycles. The molecule has 0 aliphatic carbocycles. The van der Waals surface area contributed by atoms with Crippen LogP contribution in [-0.2, 0) is 0 Å². The Morgan fingerprint density at radius 2 is 1.62 bits per heavy atom. The van der Waals surface area contributed by atoms with Crippen LogP contribution in [0, 0.1) is 0 Å². The third kappa shape index (κ3) is 5.97. The molecule has 0 heterocycles. The maximum atomic E-state index is 12.5. The van der Waals surface area contributed by atoms with Crippen molar-refractivity contribution in [1.82, 2.24) is 0 Å². The number of aliphatic hydroxyl groups is 1. The second-order valence-electron chi connectivity index (χ2n) is 3.25. The van der Waals surface area contributed by atoms with Crippen molar-refractivity contribution >= 4 is 22.6 Å². The monoisotopic (exact) mass is 358 g/mol. The third-order valence-corrected chi connectivity index (χ3v) is 2.64. The van der Waals surface area contributed by atoms with Crippen LogP contribution in [0.15, 0.2) is 9.66 Å². The SMILES string of the molecule is OCCCCCC(I)=CC(F)(F)C(F)(F)F. The lowest BCUT2D eigenvalue weighted by Gasteiger charge is -2.16. The summed E-state index contributed by atoms with van der Waals surface area (Å²) >= 11 is 1.48. The van der Waals surface area contributed by atoms with Gasteiger partial charge in [-0.25, -0.2) is 0 Å². The van der Waals surface area contributed by atoms with E-state index in [9.17, 15) is 22.0 Å². The Balaban J connectivity index is 4.21. The number of unbranched alkanes of at least 4 members (excludes halogenated alkanes) is 2. The van der Waals surface area contributed by atoms with E-state index in [1.807, 2.05) is 0 Å². The Morgan fingerprint density at radius 1 is 1.06 bits per heavy atom. The van der Waals surface area contributed by atoms with E-state index >= 15 is 0 Å². The molecular weight excluding hydrogens is 346 g/mol. The molecule has 0 aliphatic rings. The lowest BCUT2D eigenvalue weighted by Crippen LogP contribution is -2.34. The fraction of sp³-hybridized carbons (Fsp3) is 0.778. The lowest BCUT2D eigenvalue weighted by atomic mass is 10.1. The van der Waals surface area contributed by atoms with Crippen molar-refractivity contribution in [1.29, 1.82) is 0 Å². The highest BCUT2D eigenvalue weighted by Gasteiger charge is 2.55. The number of hydrogen-bond donors (Lipinski definition) is 1. The van der Waals surface area contributed by atoms with Crippen molar-refractivity contribution in [3.05, 3.63) is 9.66 Å². The molecule has 0 aromatic rings. The Labute approximate surface area is 104 Å². The lowest BCUT2D eigenvalue weighted by molar-refractivity contribution is -0.259. The van der Waals surface area contributed by atoms with Gasteiger partial charge in [0.15, 0.2) is 0 Å². The van der Waals surface area contributed by atoms with Gasteiger partial charge in [-0.1, -0.05) is 6.42 Å². The number of rotatable bonds is 6. The van der Waals surface area contributed by atoms with Gasteiger partial charge in [-0.3, -0.25) is 0 Å². The van der Waals surface area contributed by atoms with Gasteiger partial charge in [0.05, 0.1) is 0 Å². The fourth-order valence-electron chi connectivity index (χ4n) is 0.933. The van der Waals surface area contributed by atoms with E-state index in [1.165, 1.54) is 22.6 Å². The van der Waals surface area contributed by atoms with E-state index in [2.05, 4.69) is 0 Å². The smallest absolute Gasteiger partial charge is 0.396 e. The van der Waals surface area contributed by atoms with Crippen LogP contribution in [0.1, 0.15) is 25.7 Å². The molecule has 0 spiro atoms. The topological polar surface area (TPSA) is 20.2 Å². The maximum absolute atomic E-state index is 12.5. The normalized spacial score (nSPS) is 14.3. The van der Waals surface area contributed by atoms with Gasteiger partial charge in [0.1, 0.15) is 0 Å². The highest BCUT2D eigenvalue weighted by atomic mass is 127. The second-order valence-corrected chi connectivity index (χ2v) is 4.63. The summed E-state index contributed by atoms with van der Waals surface area (Å²) in [6.45, 7) is -0.000988. The summed E-state index contributed by atoms with van der Waals surface area (Å²) in [6.07, 6.45) is -3.79. The molecule has 16 heavy (non-hydrogen) atoms. The number of aliphatic hydroxyl groups excluding tert-OH is 1. The first-order chi connectivity index (χ1) is 7.20. The molecule has 0 saturated heterocycles. The summed E-state index contributed by atoms with van der Waals surface area (Å²) in [4.78, 5) is 0. The molecule has 0 unspecified atom stereocenters. The molecular formula is C9H12F5IO. The highest BCUT2D eigenvalue weighted by molar-refractivity contribution is 14.1. The summed E-state index contributed by atoms with van der Waals surface area (Å²) in [6, 6.07) is 0. The number of halogens is 6. The summed E-state index contributed by atoms with van der Waals surface area (Å²) < 4.78 is 60.4. The van der Waals surface area contributed by atoms with Crippen LogP contribution in [0.5, 0.6) is 0 Å². The van der Waals surface area contributed by atoms with E-state index in [-0.39, 0.29) is 22.7 Å². The van der Waals surface area contributed by atoms with Crippen LogP contribution in [0.2, 0.25) is 0 Å². The first-order valence-corrected chi connectivity index (χ1v) is 5.71. The first-order valence-electron chi connectivity index (χ1n) is 4.63. The highest BCUT2D eigenvalue weighted by Crippen LogP contribution is 2.38. The van der Waals surface area contributed by atoms with Gasteiger partial charge >= 0.3 is 12.1 Å². The first kappa shape index (κ1) is 16.1. The minimum absolute atomic E-state index is 0.000988. The second kappa shape index (κ2) is 6.73. The zero-order chi connectivity index (χ0) is 12.8. The van der Waals surface area contributed by atoms with Crippen molar-refractivity contribution in [2.45, 2.75) is 37.8 Å². The summed E-state index contributed by atoms with van der Waals surface area (Å²) in [5, 5.41) is 8.44. The van der Waals surface area contributed by atoms with Gasteiger partial charge in [0.25, 0.3) is 0 Å². The molecule has 1 N–H and O–H groups in total. The van der Waals surface area contributed by atoms with Gasteiger partial charge in [-0.2, -0.15) is 22.0 Å². The summed E-state index contributed by atoms with van der Waals surface area (Å²) in [5.74, 6) is -4.76. The predicted octanol–water partition coefficient (Wildman–Crippen LogP) is 4.06. The van der Waals surface area contributed by atoms with Crippen molar-refractivity contribution in [3.63, 3.8) is 0 Å². The van der Waals surface area contributed by atoms with Gasteiger partial charge in [0.2, 0.25) is 0 Å². The van der Waals surface area contributed by atoms with Crippen LogP contribution in [0.3, 0.4) is 0 Å². The Bertz CT molecular complexity index is 237. The number of allylic oxidation sites excluding steroid dienone is 2. The van der Waals surface area contributed by atoms with E-state index in [1.54, 1.807) is 0 Å². The number of hydrogen-bond acceptors (Lipinski definition) is 1. The minimum Gasteiger partial charge on any atom is -0.396 e. The minimum atomic E-state index is -5.53. The van der Waals surface area contributed by atoms with E-state index < -0.39 is 12.1 Å². The standard InChI is InChI=1S/C9H12F5IO/c10-8(11,9(12,13)14)6-7(15)4-2-1-3-5-16/h6,16H,1-5H2. The van der Waals surface area contributed by atoms with E-state index in [4.69, 9.17) is 5.11 Å². The third-order valence-electron chi connectivity index (χ3n) is 1.79. The van der Waals surface area contributed by atoms with Gasteiger partial charge < -0.3 is 5.11 Å². The van der Waals surface area contributed by atoms with Crippen molar-refractivity contribution in [2.24, 2.45) is 0 Å². The van der Waals surface area contributed by atoms with Crippen LogP contribution in [0.4, 0.5) is 22.0 Å². The van der Waals surface area contributed by atoms with E-state index in [0.29, 0.717) is 19.3 Å². The molecule has 0 aliphatic heterocycles. The molecule has 96 valence electrons. The summed E-state index contributed by atoms with van der Waals surface area (Å²) in [7, 11) is 0. The van der Waals surface area contributed by atoms with Crippen molar-refractivity contribution in [3.8, 4) is 0 Å². The molecule has 0 fully saturated rings. The molecule has 0 rings (SSSR count). The van der Waals surface area contributed by atoms with Crippen LogP contribution in [0.25, 0.3) is 0 Å². The Hall–Kier alpha value is 0.0800. The maximum Gasteiger partial charge on any atom is 0.457 e. The van der Waals surface area contributed by atoms with E-state index in [0.717, 1.165) is 0 Å². The molecule has 0 amide bonds. The zero-order valence-corrected chi connectivity index (χ0v) is 10.5. The van der Waals surface area contributed by atoms with Crippen molar-refractivity contribution < 1.29 is 27.1 Å². The summed E-state index contributed by atoms with van der Waals surface area (Å²) in [5.41, 5.74) is 0. The Morgan fingerprint density at radius 3 is 2.06 bits per heavy atom. The van der Waals surface area contributed by atoms with Crippen LogP contribution < -0.4 is 0 Å². The molecule has 1 nitrogen and oxygen atoms in total. The molecule has 0 atom stereocenters. The number of alkyl halides is 5. The predicted molar refractivity (Wildman–Crippen MR) is 58.7 cm³/mol. The average molecular weight is 358 g/mol. The molecule has 0 aromatic heterocycles. The molecule has 0 bridgehead atoms. The molecule has 0 radical (unpaired) electrons. The van der Waals surface area contributed by atoms with Gasteiger partial charge in [-0.05, 0) is 45.4 Å². The largest absolute Gasteiger partial charge is 0.457 e. The average Bonchev–Trinajstić information content (AvgIpc) is 2.10. The van der Waals surface area contributed by atoms with Gasteiger partial charge in [0, 0.05) is 12.7 Å². The quantitative estimate of drug-likeness (QED) is 0.432. The van der Waals surface area contributed by atoms with Crippen LogP contribution in [-0.4, -0.2) is 23.8 Å². The fourth-order valence-corrected chi connectivity index (χ4v) is 1.71. The van der Waals surface area contributed by atoms with Crippen molar-refractivity contribution in [2.75, 3.05) is 6.61 Å². The van der Waals surface area contributed by atoms with Crippen LogP contribution >= 0.6 is 22.6 Å². The van der Waals surface area contributed by atoms with Gasteiger partial charge in [-0.15, -0.1) is 0 Å². The molecule has 7 heteroatoms. The Kier molecular flexibility index (Phi) is 6.76. The zero-order valence-electron chi connectivity index (χ0n) is 8.33.